The van der Waals surface area contributed by atoms with E-state index in [2.05, 4.69) is 34.6 Å². The van der Waals surface area contributed by atoms with Crippen molar-refractivity contribution in [3.8, 4) is 0 Å². The van der Waals surface area contributed by atoms with Gasteiger partial charge in [0.25, 0.3) is 0 Å². The Hall–Kier alpha value is -1.69. The van der Waals surface area contributed by atoms with Crippen molar-refractivity contribution in [2.75, 3.05) is 6.54 Å². The molecule has 0 saturated carbocycles. The maximum absolute atomic E-state index is 4.71. The molecule has 2 aromatic heterocycles. The Labute approximate surface area is 106 Å². The fourth-order valence-electron chi connectivity index (χ4n) is 1.93. The Morgan fingerprint density at radius 2 is 1.94 bits per heavy atom. The van der Waals surface area contributed by atoms with Crippen LogP contribution >= 0.6 is 0 Å². The van der Waals surface area contributed by atoms with Gasteiger partial charge in [0.1, 0.15) is 11.4 Å². The number of aryl methyl sites for hydroxylation is 2. The van der Waals surface area contributed by atoms with E-state index in [1.807, 2.05) is 18.5 Å². The molecule has 0 unspecified atom stereocenters. The molecule has 0 fully saturated rings. The first-order chi connectivity index (χ1) is 8.63. The second-order valence-electron chi connectivity index (χ2n) is 4.38. The summed E-state index contributed by atoms with van der Waals surface area (Å²) in [5.74, 6) is 0. The van der Waals surface area contributed by atoms with Gasteiger partial charge in [0.05, 0.1) is 12.2 Å². The fourth-order valence-corrected chi connectivity index (χ4v) is 1.93. The molecule has 0 bridgehead atoms. The van der Waals surface area contributed by atoms with Gasteiger partial charge < -0.3 is 5.32 Å². The van der Waals surface area contributed by atoms with Crippen LogP contribution in [-0.2, 0) is 13.1 Å². The molecule has 0 aliphatic rings. The Bertz CT molecular complexity index is 529. The van der Waals surface area contributed by atoms with Crippen LogP contribution in [0.3, 0.4) is 0 Å². The molecule has 0 spiro atoms. The highest BCUT2D eigenvalue weighted by Gasteiger charge is 2.13. The lowest BCUT2D eigenvalue weighted by Gasteiger charge is -2.04. The van der Waals surface area contributed by atoms with E-state index in [1.54, 1.807) is 0 Å². The molecule has 0 atom stereocenters. The minimum atomic E-state index is 0.605. The summed E-state index contributed by atoms with van der Waals surface area (Å²) in [4.78, 5) is 0. The van der Waals surface area contributed by atoms with Crippen LogP contribution in [0, 0.1) is 20.8 Å². The van der Waals surface area contributed by atoms with Gasteiger partial charge in [0.15, 0.2) is 0 Å². The van der Waals surface area contributed by atoms with E-state index in [-0.39, 0.29) is 0 Å². The molecular weight excluding hydrogens is 230 g/mol. The van der Waals surface area contributed by atoms with Crippen molar-refractivity contribution in [1.82, 2.24) is 25.4 Å². The molecule has 98 valence electrons. The molecule has 0 aliphatic carbocycles. The number of hydrogen-bond acceptors (Lipinski definition) is 5. The zero-order valence-electron chi connectivity index (χ0n) is 11.3. The molecule has 1 N–H and O–H groups in total. The predicted octanol–water partition coefficient (Wildman–Crippen LogP) is 1.35. The standard InChI is InChI=1S/C12H19N5O/c1-5-13-6-11-8(2)14-17(10(11)4)7-12-9(3)15-18-16-12/h13H,5-7H2,1-4H3. The smallest absolute Gasteiger partial charge is 0.129 e. The van der Waals surface area contributed by atoms with Gasteiger partial charge in [-0.3, -0.25) is 4.68 Å². The van der Waals surface area contributed by atoms with Crippen LogP contribution in [-0.4, -0.2) is 26.6 Å². The van der Waals surface area contributed by atoms with Gasteiger partial charge in [-0.25, -0.2) is 4.63 Å². The molecule has 0 aromatic carbocycles. The van der Waals surface area contributed by atoms with E-state index in [0.717, 1.165) is 35.9 Å². The van der Waals surface area contributed by atoms with Crippen LogP contribution in [0.15, 0.2) is 4.63 Å². The van der Waals surface area contributed by atoms with Gasteiger partial charge in [-0.15, -0.1) is 0 Å². The van der Waals surface area contributed by atoms with Gasteiger partial charge in [-0.05, 0) is 27.3 Å². The van der Waals surface area contributed by atoms with Crippen LogP contribution in [0.25, 0.3) is 0 Å². The third kappa shape index (κ3) is 2.43. The molecule has 0 saturated heterocycles. The van der Waals surface area contributed by atoms with E-state index < -0.39 is 0 Å². The molecule has 18 heavy (non-hydrogen) atoms. The van der Waals surface area contributed by atoms with Crippen LogP contribution in [0.2, 0.25) is 0 Å². The van der Waals surface area contributed by atoms with Gasteiger partial charge in [-0.1, -0.05) is 17.2 Å². The van der Waals surface area contributed by atoms with Crippen LogP contribution in [0.4, 0.5) is 0 Å². The van der Waals surface area contributed by atoms with Crippen molar-refractivity contribution in [3.05, 3.63) is 28.3 Å². The largest absolute Gasteiger partial charge is 0.313 e. The molecule has 6 nitrogen and oxygen atoms in total. The lowest BCUT2D eigenvalue weighted by molar-refractivity contribution is 0.300. The lowest BCUT2D eigenvalue weighted by Crippen LogP contribution is -2.13. The zero-order valence-corrected chi connectivity index (χ0v) is 11.3. The Balaban J connectivity index is 2.22. The summed E-state index contributed by atoms with van der Waals surface area (Å²) in [5, 5.41) is 15.5. The van der Waals surface area contributed by atoms with Crippen molar-refractivity contribution in [1.29, 1.82) is 0 Å². The van der Waals surface area contributed by atoms with E-state index in [4.69, 9.17) is 4.63 Å². The topological polar surface area (TPSA) is 68.8 Å². The average molecular weight is 249 g/mol. The summed E-state index contributed by atoms with van der Waals surface area (Å²) in [5.41, 5.74) is 5.12. The van der Waals surface area contributed by atoms with Crippen LogP contribution in [0.1, 0.15) is 35.3 Å². The first kappa shape index (κ1) is 12.8. The molecule has 0 aliphatic heterocycles. The van der Waals surface area contributed by atoms with Crippen molar-refractivity contribution >= 4 is 0 Å². The average Bonchev–Trinajstić information content (AvgIpc) is 2.84. The summed E-state index contributed by atoms with van der Waals surface area (Å²) in [7, 11) is 0. The van der Waals surface area contributed by atoms with Gasteiger partial charge >= 0.3 is 0 Å². The van der Waals surface area contributed by atoms with Crippen LogP contribution < -0.4 is 5.32 Å². The molecule has 6 heteroatoms. The van der Waals surface area contributed by atoms with E-state index in [9.17, 15) is 0 Å². The highest BCUT2D eigenvalue weighted by Crippen LogP contribution is 2.14. The molecule has 0 radical (unpaired) electrons. The number of nitrogens with zero attached hydrogens (tertiary/aromatic N) is 4. The molecule has 2 rings (SSSR count). The molecule has 0 amide bonds. The Morgan fingerprint density at radius 3 is 2.56 bits per heavy atom. The third-order valence-corrected chi connectivity index (χ3v) is 3.13. The van der Waals surface area contributed by atoms with E-state index in [0.29, 0.717) is 6.54 Å². The highest BCUT2D eigenvalue weighted by molar-refractivity contribution is 5.25. The molecule has 2 heterocycles. The second-order valence-corrected chi connectivity index (χ2v) is 4.38. The molecule has 2 aromatic rings. The number of aromatic nitrogens is 4. The van der Waals surface area contributed by atoms with Gasteiger partial charge in [0, 0.05) is 17.8 Å². The van der Waals surface area contributed by atoms with Crippen molar-refractivity contribution in [2.24, 2.45) is 0 Å². The number of hydrogen-bond donors (Lipinski definition) is 1. The summed E-state index contributed by atoms with van der Waals surface area (Å²) in [6.07, 6.45) is 0. The summed E-state index contributed by atoms with van der Waals surface area (Å²) in [6.45, 7) is 10.5. The maximum Gasteiger partial charge on any atom is 0.129 e. The quantitative estimate of drug-likeness (QED) is 0.866. The lowest BCUT2D eigenvalue weighted by atomic mass is 10.2. The first-order valence-electron chi connectivity index (χ1n) is 6.15. The molecular formula is C12H19N5O. The predicted molar refractivity (Wildman–Crippen MR) is 67.2 cm³/mol. The normalized spacial score (nSPS) is 11.1. The summed E-state index contributed by atoms with van der Waals surface area (Å²) < 4.78 is 6.66. The third-order valence-electron chi connectivity index (χ3n) is 3.13. The SMILES string of the molecule is CCNCc1c(C)nn(Cc2nonc2C)c1C. The monoisotopic (exact) mass is 249 g/mol. The Kier molecular flexibility index (Phi) is 3.76. The zero-order chi connectivity index (χ0) is 13.1. The number of rotatable bonds is 5. The van der Waals surface area contributed by atoms with Crippen molar-refractivity contribution < 1.29 is 4.63 Å². The highest BCUT2D eigenvalue weighted by atomic mass is 16.6. The minimum absolute atomic E-state index is 0.605. The fraction of sp³-hybridized carbons (Fsp3) is 0.583. The maximum atomic E-state index is 4.71. The van der Waals surface area contributed by atoms with E-state index >= 15 is 0 Å². The van der Waals surface area contributed by atoms with E-state index in [1.165, 1.54) is 5.56 Å². The second kappa shape index (κ2) is 5.30. The number of nitrogens with one attached hydrogen (secondary N) is 1. The minimum Gasteiger partial charge on any atom is -0.313 e. The first-order valence-corrected chi connectivity index (χ1v) is 6.15. The van der Waals surface area contributed by atoms with Gasteiger partial charge in [0.2, 0.25) is 0 Å². The van der Waals surface area contributed by atoms with Crippen molar-refractivity contribution in [3.63, 3.8) is 0 Å². The van der Waals surface area contributed by atoms with Crippen molar-refractivity contribution in [2.45, 2.75) is 40.8 Å². The Morgan fingerprint density at radius 1 is 1.17 bits per heavy atom. The summed E-state index contributed by atoms with van der Waals surface area (Å²) in [6, 6.07) is 0. The van der Waals surface area contributed by atoms with Gasteiger partial charge in [-0.2, -0.15) is 5.10 Å². The summed E-state index contributed by atoms with van der Waals surface area (Å²) >= 11 is 0. The van der Waals surface area contributed by atoms with Crippen LogP contribution in [0.5, 0.6) is 0 Å².